The molecule has 0 fully saturated rings. The van der Waals surface area contributed by atoms with Crippen LogP contribution in [0.2, 0.25) is 0 Å². The summed E-state index contributed by atoms with van der Waals surface area (Å²) < 4.78 is 0. The van der Waals surface area contributed by atoms with Crippen molar-refractivity contribution in [1.82, 2.24) is 9.97 Å². The predicted octanol–water partition coefficient (Wildman–Crippen LogP) is 1.99. The Balaban J connectivity index is 0.000000605. The zero-order chi connectivity index (χ0) is 6.97. The Hall–Kier alpha value is -0.930. The molecule has 0 aliphatic heterocycles. The van der Waals surface area contributed by atoms with Crippen LogP contribution in [-0.2, 0) is 0 Å². The molecule has 2 rings (SSSR count). The van der Waals surface area contributed by atoms with E-state index >= 15 is 0 Å². The fourth-order valence-corrected chi connectivity index (χ4v) is 0.968. The number of nitrogens with one attached hydrogen (secondary N) is 1. The highest BCUT2D eigenvalue weighted by atomic mass is 35.5. The van der Waals surface area contributed by atoms with Crippen LogP contribution in [0.1, 0.15) is 0 Å². The van der Waals surface area contributed by atoms with Gasteiger partial charge in [-0.15, -0.1) is 24.8 Å². The van der Waals surface area contributed by atoms with Crippen LogP contribution in [0.15, 0.2) is 24.5 Å². The number of anilines is 1. The van der Waals surface area contributed by atoms with Gasteiger partial charge < -0.3 is 10.7 Å². The molecule has 0 amide bonds. The number of nitrogens with two attached hydrogens (primary N) is 1. The summed E-state index contributed by atoms with van der Waals surface area (Å²) in [6, 6.07) is 3.80. The molecule has 5 heteroatoms. The normalized spacial score (nSPS) is 8.67. The zero-order valence-electron chi connectivity index (χ0n) is 6.15. The molecule has 0 spiro atoms. The average Bonchev–Trinajstić information content (AvgIpc) is 2.33. The van der Waals surface area contributed by atoms with Gasteiger partial charge in [0.15, 0.2) is 0 Å². The SMILES string of the molecule is Cl.Cl.Nc1cc2cc[nH]c2cn1. The molecule has 2 aromatic heterocycles. The van der Waals surface area contributed by atoms with Crippen LogP contribution >= 0.6 is 24.8 Å². The largest absolute Gasteiger partial charge is 0.384 e. The van der Waals surface area contributed by atoms with Crippen LogP contribution in [-0.4, -0.2) is 9.97 Å². The first kappa shape index (κ1) is 11.1. The van der Waals surface area contributed by atoms with Crippen molar-refractivity contribution in [2.45, 2.75) is 0 Å². The van der Waals surface area contributed by atoms with Crippen LogP contribution in [0.5, 0.6) is 0 Å². The highest BCUT2D eigenvalue weighted by Crippen LogP contribution is 2.11. The Morgan fingerprint density at radius 2 is 2.08 bits per heavy atom. The third-order valence-electron chi connectivity index (χ3n) is 1.46. The minimum atomic E-state index is 0. The standard InChI is InChI=1S/C7H7N3.2ClH/c8-7-3-5-1-2-9-6(5)4-10-7;;/h1-4,9H,(H2,8,10);2*1H. The van der Waals surface area contributed by atoms with Gasteiger partial charge in [-0.3, -0.25) is 0 Å². The molecule has 3 nitrogen and oxygen atoms in total. The lowest BCUT2D eigenvalue weighted by Crippen LogP contribution is -1.87. The van der Waals surface area contributed by atoms with E-state index in [1.165, 1.54) is 0 Å². The number of hydrogen-bond acceptors (Lipinski definition) is 2. The lowest BCUT2D eigenvalue weighted by atomic mass is 10.3. The van der Waals surface area contributed by atoms with Crippen LogP contribution < -0.4 is 5.73 Å². The molecule has 0 aliphatic rings. The molecule has 66 valence electrons. The van der Waals surface area contributed by atoms with E-state index in [0.717, 1.165) is 10.9 Å². The quantitative estimate of drug-likeness (QED) is 0.692. The molecule has 0 radical (unpaired) electrons. The van der Waals surface area contributed by atoms with Gasteiger partial charge in [0.25, 0.3) is 0 Å². The number of nitrogens with zero attached hydrogens (tertiary/aromatic N) is 1. The summed E-state index contributed by atoms with van der Waals surface area (Å²) in [6.07, 6.45) is 3.59. The van der Waals surface area contributed by atoms with Gasteiger partial charge in [0, 0.05) is 11.6 Å². The van der Waals surface area contributed by atoms with E-state index in [2.05, 4.69) is 9.97 Å². The summed E-state index contributed by atoms with van der Waals surface area (Å²) in [7, 11) is 0. The number of aromatic amines is 1. The molecule has 2 heterocycles. The second kappa shape index (κ2) is 4.18. The Morgan fingerprint density at radius 1 is 1.33 bits per heavy atom. The van der Waals surface area contributed by atoms with Gasteiger partial charge in [-0.05, 0) is 12.1 Å². The fraction of sp³-hybridized carbons (Fsp3) is 0. The van der Waals surface area contributed by atoms with E-state index in [4.69, 9.17) is 5.73 Å². The molecular formula is C7H9Cl2N3. The number of fused-ring (bicyclic) bond motifs is 1. The van der Waals surface area contributed by atoms with E-state index in [1.54, 1.807) is 6.20 Å². The van der Waals surface area contributed by atoms with E-state index in [1.807, 2.05) is 18.3 Å². The van der Waals surface area contributed by atoms with E-state index < -0.39 is 0 Å². The highest BCUT2D eigenvalue weighted by Gasteiger charge is 1.92. The summed E-state index contributed by atoms with van der Waals surface area (Å²) in [5.41, 5.74) is 6.48. The summed E-state index contributed by atoms with van der Waals surface area (Å²) >= 11 is 0. The van der Waals surface area contributed by atoms with Gasteiger partial charge in [-0.1, -0.05) is 0 Å². The molecule has 12 heavy (non-hydrogen) atoms. The second-order valence-electron chi connectivity index (χ2n) is 2.17. The Kier molecular flexibility index (Phi) is 3.86. The van der Waals surface area contributed by atoms with Crippen molar-refractivity contribution in [2.24, 2.45) is 0 Å². The topological polar surface area (TPSA) is 54.7 Å². The maximum atomic E-state index is 5.46. The van der Waals surface area contributed by atoms with Crippen LogP contribution in [0.3, 0.4) is 0 Å². The van der Waals surface area contributed by atoms with Crippen molar-refractivity contribution < 1.29 is 0 Å². The molecule has 0 bridgehead atoms. The number of H-pyrrole nitrogens is 1. The minimum absolute atomic E-state index is 0. The van der Waals surface area contributed by atoms with E-state index in [0.29, 0.717) is 5.82 Å². The van der Waals surface area contributed by atoms with Gasteiger partial charge >= 0.3 is 0 Å². The summed E-state index contributed by atoms with van der Waals surface area (Å²) in [4.78, 5) is 6.95. The molecule has 0 aliphatic carbocycles. The Morgan fingerprint density at radius 3 is 2.83 bits per heavy atom. The Labute approximate surface area is 82.2 Å². The first-order valence-electron chi connectivity index (χ1n) is 3.05. The number of rotatable bonds is 0. The molecule has 3 N–H and O–H groups in total. The predicted molar refractivity (Wildman–Crippen MR) is 55.0 cm³/mol. The molecule has 0 unspecified atom stereocenters. The Bertz CT molecular complexity index is 358. The van der Waals surface area contributed by atoms with Crippen molar-refractivity contribution in [3.63, 3.8) is 0 Å². The average molecular weight is 206 g/mol. The molecule has 0 saturated carbocycles. The lowest BCUT2D eigenvalue weighted by molar-refractivity contribution is 1.34. The van der Waals surface area contributed by atoms with Crippen LogP contribution in [0, 0.1) is 0 Å². The molecule has 2 aromatic rings. The smallest absolute Gasteiger partial charge is 0.124 e. The fourth-order valence-electron chi connectivity index (χ4n) is 0.968. The monoisotopic (exact) mass is 205 g/mol. The minimum Gasteiger partial charge on any atom is -0.384 e. The van der Waals surface area contributed by atoms with Gasteiger partial charge in [-0.2, -0.15) is 0 Å². The maximum Gasteiger partial charge on any atom is 0.124 e. The van der Waals surface area contributed by atoms with Crippen LogP contribution in [0.4, 0.5) is 5.82 Å². The first-order valence-corrected chi connectivity index (χ1v) is 3.05. The summed E-state index contributed by atoms with van der Waals surface area (Å²) in [5.74, 6) is 0.562. The second-order valence-corrected chi connectivity index (χ2v) is 2.17. The molecule has 0 saturated heterocycles. The van der Waals surface area contributed by atoms with Gasteiger partial charge in [0.05, 0.1) is 11.7 Å². The van der Waals surface area contributed by atoms with E-state index in [9.17, 15) is 0 Å². The molecular weight excluding hydrogens is 197 g/mol. The summed E-state index contributed by atoms with van der Waals surface area (Å²) in [5, 5.41) is 1.10. The number of nitrogen functional groups attached to an aromatic ring is 1. The van der Waals surface area contributed by atoms with Crippen molar-refractivity contribution >= 4 is 41.5 Å². The van der Waals surface area contributed by atoms with Gasteiger partial charge in [0.1, 0.15) is 5.82 Å². The maximum absolute atomic E-state index is 5.46. The van der Waals surface area contributed by atoms with Gasteiger partial charge in [-0.25, -0.2) is 4.98 Å². The first-order chi connectivity index (χ1) is 4.86. The number of halogens is 2. The van der Waals surface area contributed by atoms with Crippen molar-refractivity contribution in [3.05, 3.63) is 24.5 Å². The highest BCUT2D eigenvalue weighted by molar-refractivity contribution is 5.85. The van der Waals surface area contributed by atoms with Crippen molar-refractivity contribution in [2.75, 3.05) is 5.73 Å². The number of pyridine rings is 1. The van der Waals surface area contributed by atoms with Crippen molar-refractivity contribution in [3.8, 4) is 0 Å². The third kappa shape index (κ3) is 1.81. The molecule has 0 aromatic carbocycles. The van der Waals surface area contributed by atoms with Crippen LogP contribution in [0.25, 0.3) is 10.9 Å². The van der Waals surface area contributed by atoms with E-state index in [-0.39, 0.29) is 24.8 Å². The molecule has 0 atom stereocenters. The number of hydrogen-bond donors (Lipinski definition) is 2. The third-order valence-corrected chi connectivity index (χ3v) is 1.46. The summed E-state index contributed by atoms with van der Waals surface area (Å²) in [6.45, 7) is 0. The van der Waals surface area contributed by atoms with Crippen molar-refractivity contribution in [1.29, 1.82) is 0 Å². The zero-order valence-corrected chi connectivity index (χ0v) is 7.78. The lowest BCUT2D eigenvalue weighted by Gasteiger charge is -1.89. The van der Waals surface area contributed by atoms with Gasteiger partial charge in [0.2, 0.25) is 0 Å². The number of aromatic nitrogens is 2.